The van der Waals surface area contributed by atoms with E-state index in [1.807, 2.05) is 6.42 Å². The molecule has 0 amide bonds. The van der Waals surface area contributed by atoms with E-state index >= 15 is 0 Å². The van der Waals surface area contributed by atoms with Crippen LogP contribution in [0.15, 0.2) is 0 Å². The summed E-state index contributed by atoms with van der Waals surface area (Å²) in [5, 5.41) is 0. The third-order valence-corrected chi connectivity index (χ3v) is 3.62. The Morgan fingerprint density at radius 2 is 1.36 bits per heavy atom. The predicted molar refractivity (Wildman–Crippen MR) is 57.6 cm³/mol. The smallest absolute Gasteiger partial charge is 0.147 e. The van der Waals surface area contributed by atoms with E-state index in [1.165, 1.54) is 12.5 Å². The highest BCUT2D eigenvalue weighted by Gasteiger charge is 2.03. The number of sulfone groups is 2. The zero-order valence-corrected chi connectivity index (χ0v) is 10.2. The van der Waals surface area contributed by atoms with Crippen LogP contribution in [0.2, 0.25) is 0 Å². The molecule has 0 aromatic rings. The van der Waals surface area contributed by atoms with Crippen molar-refractivity contribution in [1.82, 2.24) is 0 Å². The molecule has 0 aliphatic heterocycles. The van der Waals surface area contributed by atoms with Gasteiger partial charge in [0.1, 0.15) is 19.7 Å². The van der Waals surface area contributed by atoms with Gasteiger partial charge in [-0.3, -0.25) is 0 Å². The Morgan fingerprint density at radius 1 is 0.857 bits per heavy atom. The molecule has 1 radical (unpaired) electrons. The molecule has 0 heterocycles. The number of unbranched alkanes of at least 4 members (excludes halogenated alkanes) is 3. The van der Waals surface area contributed by atoms with Gasteiger partial charge in [0.15, 0.2) is 0 Å². The fraction of sp³-hybridized carbons (Fsp3) is 0.875. The highest BCUT2D eigenvalue weighted by Crippen LogP contribution is 2.02. The first-order valence-electron chi connectivity index (χ1n) is 4.38. The number of rotatable bonds is 7. The molecule has 0 fully saturated rings. The summed E-state index contributed by atoms with van der Waals surface area (Å²) in [6, 6.07) is 0. The van der Waals surface area contributed by atoms with Crippen LogP contribution < -0.4 is 0 Å². The zero-order valence-electron chi connectivity index (χ0n) is 8.56. The standard InChI is InChI=1S/C8H17O4S2/c1-13(9,10)7-5-3-4-6-8-14(2,11)12/h3H,4-8H2,1-2H3. The maximum absolute atomic E-state index is 10.7. The molecule has 0 rings (SSSR count). The average Bonchev–Trinajstić information content (AvgIpc) is 1.92. The molecular formula is C8H17O4S2. The van der Waals surface area contributed by atoms with Crippen molar-refractivity contribution in [2.45, 2.75) is 19.3 Å². The molecule has 0 atom stereocenters. The van der Waals surface area contributed by atoms with Crippen molar-refractivity contribution in [3.63, 3.8) is 0 Å². The summed E-state index contributed by atoms with van der Waals surface area (Å²) in [6.07, 6.45) is 5.95. The monoisotopic (exact) mass is 241 g/mol. The SMILES string of the molecule is CS(=O)(=O)CC[CH]CCCS(C)(=O)=O. The maximum Gasteiger partial charge on any atom is 0.147 e. The summed E-state index contributed by atoms with van der Waals surface area (Å²) in [5.41, 5.74) is 0. The second-order valence-corrected chi connectivity index (χ2v) is 8.00. The van der Waals surface area contributed by atoms with Crippen LogP contribution in [0.4, 0.5) is 0 Å². The molecule has 4 nitrogen and oxygen atoms in total. The van der Waals surface area contributed by atoms with E-state index < -0.39 is 19.7 Å². The van der Waals surface area contributed by atoms with Gasteiger partial charge in [-0.25, -0.2) is 16.8 Å². The van der Waals surface area contributed by atoms with E-state index in [4.69, 9.17) is 0 Å². The molecule has 0 N–H and O–H groups in total. The normalized spacial score (nSPS) is 13.0. The third-order valence-electron chi connectivity index (χ3n) is 1.62. The topological polar surface area (TPSA) is 68.3 Å². The van der Waals surface area contributed by atoms with E-state index in [1.54, 1.807) is 0 Å². The van der Waals surface area contributed by atoms with Crippen LogP contribution in [-0.2, 0) is 19.7 Å². The van der Waals surface area contributed by atoms with E-state index in [2.05, 4.69) is 0 Å². The second-order valence-electron chi connectivity index (χ2n) is 3.48. The third kappa shape index (κ3) is 11.9. The number of hydrogen-bond acceptors (Lipinski definition) is 4. The molecule has 0 aliphatic rings. The van der Waals surface area contributed by atoms with Gasteiger partial charge >= 0.3 is 0 Å². The minimum atomic E-state index is -2.89. The second kappa shape index (κ2) is 5.70. The average molecular weight is 241 g/mol. The van der Waals surface area contributed by atoms with E-state index in [-0.39, 0.29) is 11.5 Å². The van der Waals surface area contributed by atoms with Gasteiger partial charge in [-0.2, -0.15) is 0 Å². The van der Waals surface area contributed by atoms with Crippen molar-refractivity contribution in [2.24, 2.45) is 0 Å². The van der Waals surface area contributed by atoms with E-state index in [9.17, 15) is 16.8 Å². The largest absolute Gasteiger partial charge is 0.229 e. The van der Waals surface area contributed by atoms with Gasteiger partial charge in [0, 0.05) is 18.3 Å². The summed E-state index contributed by atoms with van der Waals surface area (Å²) in [6.45, 7) is 0. The van der Waals surface area contributed by atoms with Gasteiger partial charge in [-0.1, -0.05) is 0 Å². The highest BCUT2D eigenvalue weighted by molar-refractivity contribution is 7.90. The van der Waals surface area contributed by atoms with Crippen LogP contribution >= 0.6 is 0 Å². The fourth-order valence-corrected chi connectivity index (χ4v) is 2.22. The zero-order chi connectivity index (χ0) is 11.2. The van der Waals surface area contributed by atoms with Crippen LogP contribution in [0.5, 0.6) is 0 Å². The maximum atomic E-state index is 10.7. The van der Waals surface area contributed by atoms with Crippen LogP contribution in [0, 0.1) is 6.42 Å². The summed E-state index contributed by atoms with van der Waals surface area (Å²) in [4.78, 5) is 0. The minimum Gasteiger partial charge on any atom is -0.229 e. The lowest BCUT2D eigenvalue weighted by molar-refractivity contribution is 0.595. The number of hydrogen-bond donors (Lipinski definition) is 0. The molecule has 0 aliphatic carbocycles. The Bertz CT molecular complexity index is 304. The summed E-state index contributed by atoms with van der Waals surface area (Å²) in [7, 11) is -5.77. The van der Waals surface area contributed by atoms with Gasteiger partial charge < -0.3 is 0 Å². The van der Waals surface area contributed by atoms with Crippen molar-refractivity contribution in [2.75, 3.05) is 24.0 Å². The lowest BCUT2D eigenvalue weighted by Crippen LogP contribution is -2.05. The molecule has 85 valence electrons. The molecule has 0 saturated carbocycles. The van der Waals surface area contributed by atoms with E-state index in [0.29, 0.717) is 19.3 Å². The summed E-state index contributed by atoms with van der Waals surface area (Å²) >= 11 is 0. The molecular weight excluding hydrogens is 224 g/mol. The van der Waals surface area contributed by atoms with Crippen molar-refractivity contribution >= 4 is 19.7 Å². The van der Waals surface area contributed by atoms with Crippen molar-refractivity contribution in [3.8, 4) is 0 Å². The van der Waals surface area contributed by atoms with Crippen LogP contribution in [0.25, 0.3) is 0 Å². The van der Waals surface area contributed by atoms with Crippen molar-refractivity contribution in [3.05, 3.63) is 6.42 Å². The molecule has 0 bridgehead atoms. The first-order valence-corrected chi connectivity index (χ1v) is 8.50. The first kappa shape index (κ1) is 13.9. The summed E-state index contributed by atoms with van der Waals surface area (Å²) in [5.74, 6) is 0.314. The van der Waals surface area contributed by atoms with Gasteiger partial charge in [0.2, 0.25) is 0 Å². The quantitative estimate of drug-likeness (QED) is 0.607. The van der Waals surface area contributed by atoms with Crippen LogP contribution in [0.1, 0.15) is 19.3 Å². The molecule has 14 heavy (non-hydrogen) atoms. The Balaban J connectivity index is 3.41. The van der Waals surface area contributed by atoms with Gasteiger partial charge in [0.05, 0.1) is 5.75 Å². The molecule has 6 heteroatoms. The van der Waals surface area contributed by atoms with Gasteiger partial charge in [-0.15, -0.1) is 0 Å². The molecule has 0 unspecified atom stereocenters. The Hall–Kier alpha value is -0.100. The Labute approximate surface area is 86.5 Å². The lowest BCUT2D eigenvalue weighted by Gasteiger charge is -1.99. The van der Waals surface area contributed by atoms with Crippen molar-refractivity contribution < 1.29 is 16.8 Å². The highest BCUT2D eigenvalue weighted by atomic mass is 32.2. The molecule has 0 saturated heterocycles. The molecule has 0 spiro atoms. The molecule has 0 aromatic heterocycles. The van der Waals surface area contributed by atoms with Crippen molar-refractivity contribution in [1.29, 1.82) is 0 Å². The minimum absolute atomic E-state index is 0.145. The Morgan fingerprint density at radius 3 is 1.79 bits per heavy atom. The van der Waals surface area contributed by atoms with Gasteiger partial charge in [-0.05, 0) is 25.7 Å². The lowest BCUT2D eigenvalue weighted by atomic mass is 10.2. The fourth-order valence-electron chi connectivity index (χ4n) is 0.932. The Kier molecular flexibility index (Phi) is 5.66. The molecule has 0 aromatic carbocycles. The van der Waals surface area contributed by atoms with E-state index in [0.717, 1.165) is 0 Å². The first-order chi connectivity index (χ1) is 6.21. The van der Waals surface area contributed by atoms with Crippen LogP contribution in [-0.4, -0.2) is 40.9 Å². The van der Waals surface area contributed by atoms with Gasteiger partial charge in [0.25, 0.3) is 0 Å². The van der Waals surface area contributed by atoms with Crippen LogP contribution in [0.3, 0.4) is 0 Å². The predicted octanol–water partition coefficient (Wildman–Crippen LogP) is 0.450. The summed E-state index contributed by atoms with van der Waals surface area (Å²) < 4.78 is 42.8.